The molecule has 0 fully saturated rings. The molecule has 0 amide bonds. The number of carboxylic acid groups (broad SMARTS) is 1. The third kappa shape index (κ3) is 3.46. The number of nitrogens with two attached hydrogens (primary N) is 1. The van der Waals surface area contributed by atoms with Gasteiger partial charge in [0.15, 0.2) is 0 Å². The molecule has 26 heavy (non-hydrogen) atoms. The summed E-state index contributed by atoms with van der Waals surface area (Å²) in [5, 5.41) is 8.92. The zero-order valence-electron chi connectivity index (χ0n) is 13.0. The lowest BCUT2D eigenvalue weighted by Crippen LogP contribution is -2.07. The van der Waals surface area contributed by atoms with E-state index in [1.807, 2.05) is 0 Å². The van der Waals surface area contributed by atoms with Gasteiger partial charge >= 0.3 is 12.1 Å². The van der Waals surface area contributed by atoms with Crippen LogP contribution in [0.4, 0.5) is 19.0 Å². The summed E-state index contributed by atoms with van der Waals surface area (Å²) in [5.74, 6) is -1.02. The Labute approximate surface area is 145 Å². The van der Waals surface area contributed by atoms with E-state index in [2.05, 4.69) is 15.0 Å². The number of carboxylic acids is 1. The molecule has 3 rings (SSSR count). The quantitative estimate of drug-likeness (QED) is 0.741. The molecule has 132 valence electrons. The molecule has 0 spiro atoms. The summed E-state index contributed by atoms with van der Waals surface area (Å²) in [6, 6.07) is 7.99. The number of aromatic nitrogens is 3. The fraction of sp³-hybridized carbons (Fsp3) is 0.0588. The number of rotatable bonds is 3. The van der Waals surface area contributed by atoms with Gasteiger partial charge in [-0.15, -0.1) is 0 Å². The number of nitrogen functional groups attached to an aromatic ring is 1. The molecule has 0 aliphatic heterocycles. The van der Waals surface area contributed by atoms with Crippen molar-refractivity contribution in [3.8, 4) is 22.5 Å². The predicted octanol–water partition coefficient (Wildman–Crippen LogP) is 3.50. The van der Waals surface area contributed by atoms with Crippen LogP contribution in [0.25, 0.3) is 22.5 Å². The largest absolute Gasteiger partial charge is 0.478 e. The molecular weight excluding hydrogens is 349 g/mol. The summed E-state index contributed by atoms with van der Waals surface area (Å²) in [6.45, 7) is 0. The number of carbonyl (C=O) groups is 1. The minimum atomic E-state index is -4.54. The fourth-order valence-electron chi connectivity index (χ4n) is 2.24. The maximum Gasteiger partial charge on any atom is 0.433 e. The number of halogens is 3. The Kier molecular flexibility index (Phi) is 4.29. The van der Waals surface area contributed by atoms with Crippen LogP contribution < -0.4 is 5.73 Å². The normalized spacial score (nSPS) is 11.3. The molecule has 1 aromatic carbocycles. The smallest absolute Gasteiger partial charge is 0.433 e. The van der Waals surface area contributed by atoms with Crippen LogP contribution in [0.3, 0.4) is 0 Å². The van der Waals surface area contributed by atoms with E-state index in [1.165, 1.54) is 24.4 Å². The predicted molar refractivity (Wildman–Crippen MR) is 87.1 cm³/mol. The first-order chi connectivity index (χ1) is 12.3. The molecule has 0 aliphatic carbocycles. The Balaban J connectivity index is 1.99. The van der Waals surface area contributed by atoms with E-state index in [9.17, 15) is 18.0 Å². The Morgan fingerprint density at radius 3 is 2.15 bits per heavy atom. The van der Waals surface area contributed by atoms with Crippen LogP contribution >= 0.6 is 0 Å². The molecule has 0 unspecified atom stereocenters. The van der Waals surface area contributed by atoms with E-state index in [0.29, 0.717) is 11.3 Å². The number of hydrogen-bond donors (Lipinski definition) is 2. The molecule has 2 aromatic heterocycles. The van der Waals surface area contributed by atoms with Gasteiger partial charge in [-0.1, -0.05) is 12.1 Å². The van der Waals surface area contributed by atoms with Crippen molar-refractivity contribution in [1.29, 1.82) is 0 Å². The SMILES string of the molecule is Nc1ncc(-c2ccc(C(=O)O)cc2)nc1-c1ccc(C(F)(F)F)nc1. The first kappa shape index (κ1) is 17.3. The number of hydrogen-bond acceptors (Lipinski definition) is 5. The monoisotopic (exact) mass is 360 g/mol. The molecule has 3 aromatic rings. The van der Waals surface area contributed by atoms with Crippen molar-refractivity contribution in [1.82, 2.24) is 15.0 Å². The Hall–Kier alpha value is -3.49. The highest BCUT2D eigenvalue weighted by molar-refractivity contribution is 5.88. The maximum atomic E-state index is 12.6. The summed E-state index contributed by atoms with van der Waals surface area (Å²) in [5.41, 5.74) is 6.33. The molecule has 9 heteroatoms. The van der Waals surface area contributed by atoms with E-state index in [-0.39, 0.29) is 22.6 Å². The molecule has 0 atom stereocenters. The van der Waals surface area contributed by atoms with Crippen molar-refractivity contribution in [3.63, 3.8) is 0 Å². The lowest BCUT2D eigenvalue weighted by atomic mass is 10.1. The minimum Gasteiger partial charge on any atom is -0.478 e. The van der Waals surface area contributed by atoms with Gasteiger partial charge in [0.25, 0.3) is 0 Å². The fourth-order valence-corrected chi connectivity index (χ4v) is 2.24. The van der Waals surface area contributed by atoms with E-state index >= 15 is 0 Å². The van der Waals surface area contributed by atoms with Crippen LogP contribution in [0.1, 0.15) is 16.1 Å². The van der Waals surface area contributed by atoms with Crippen LogP contribution in [-0.4, -0.2) is 26.0 Å². The first-order valence-electron chi connectivity index (χ1n) is 7.25. The topological polar surface area (TPSA) is 102 Å². The van der Waals surface area contributed by atoms with E-state index in [4.69, 9.17) is 10.8 Å². The molecule has 0 bridgehead atoms. The van der Waals surface area contributed by atoms with Crippen LogP contribution in [0.5, 0.6) is 0 Å². The van der Waals surface area contributed by atoms with Gasteiger partial charge in [-0.25, -0.2) is 14.8 Å². The second kappa shape index (κ2) is 6.43. The van der Waals surface area contributed by atoms with Gasteiger partial charge in [0.05, 0.1) is 17.5 Å². The molecule has 0 aliphatic rings. The van der Waals surface area contributed by atoms with Gasteiger partial charge in [-0.3, -0.25) is 4.98 Å². The van der Waals surface area contributed by atoms with Gasteiger partial charge in [0.2, 0.25) is 0 Å². The Morgan fingerprint density at radius 2 is 1.62 bits per heavy atom. The summed E-state index contributed by atoms with van der Waals surface area (Å²) in [6.07, 6.45) is -2.11. The lowest BCUT2D eigenvalue weighted by Gasteiger charge is -2.09. The lowest BCUT2D eigenvalue weighted by molar-refractivity contribution is -0.141. The van der Waals surface area contributed by atoms with Crippen molar-refractivity contribution in [2.24, 2.45) is 0 Å². The molecule has 6 nitrogen and oxygen atoms in total. The molecule has 2 heterocycles. The maximum absolute atomic E-state index is 12.6. The van der Waals surface area contributed by atoms with Gasteiger partial charge in [0.1, 0.15) is 17.2 Å². The molecule has 0 saturated heterocycles. The van der Waals surface area contributed by atoms with E-state index in [0.717, 1.165) is 12.3 Å². The molecule has 3 N–H and O–H groups in total. The van der Waals surface area contributed by atoms with Crippen molar-refractivity contribution in [2.75, 3.05) is 5.73 Å². The summed E-state index contributed by atoms with van der Waals surface area (Å²) in [7, 11) is 0. The van der Waals surface area contributed by atoms with Crippen molar-refractivity contribution >= 4 is 11.8 Å². The van der Waals surface area contributed by atoms with Crippen molar-refractivity contribution in [2.45, 2.75) is 6.18 Å². The average molecular weight is 360 g/mol. The second-order valence-electron chi connectivity index (χ2n) is 5.30. The standard InChI is InChI=1S/C17H11F3N4O2/c18-17(19,20)13-6-5-11(7-22-13)14-15(21)23-8-12(24-14)9-1-3-10(4-2-9)16(25)26/h1-8H,(H2,21,23)(H,25,26). The zero-order chi connectivity index (χ0) is 18.9. The molecule has 0 radical (unpaired) electrons. The second-order valence-corrected chi connectivity index (χ2v) is 5.30. The highest BCUT2D eigenvalue weighted by Gasteiger charge is 2.32. The van der Waals surface area contributed by atoms with E-state index in [1.54, 1.807) is 12.1 Å². The van der Waals surface area contributed by atoms with Gasteiger partial charge in [-0.05, 0) is 24.3 Å². The summed E-state index contributed by atoms with van der Waals surface area (Å²) < 4.78 is 37.9. The van der Waals surface area contributed by atoms with Gasteiger partial charge in [0, 0.05) is 17.3 Å². The van der Waals surface area contributed by atoms with Crippen molar-refractivity contribution < 1.29 is 23.1 Å². The van der Waals surface area contributed by atoms with Crippen LogP contribution in [0.15, 0.2) is 48.8 Å². The van der Waals surface area contributed by atoms with Gasteiger partial charge in [-0.2, -0.15) is 13.2 Å². The summed E-state index contributed by atoms with van der Waals surface area (Å²) >= 11 is 0. The molecule has 0 saturated carbocycles. The number of alkyl halides is 3. The number of benzene rings is 1. The first-order valence-corrected chi connectivity index (χ1v) is 7.25. The highest BCUT2D eigenvalue weighted by atomic mass is 19.4. The summed E-state index contributed by atoms with van der Waals surface area (Å²) in [4.78, 5) is 22.6. The average Bonchev–Trinajstić information content (AvgIpc) is 2.61. The minimum absolute atomic E-state index is 0.0393. The van der Waals surface area contributed by atoms with Crippen molar-refractivity contribution in [3.05, 3.63) is 60.0 Å². The third-order valence-electron chi connectivity index (χ3n) is 3.56. The third-order valence-corrected chi connectivity index (χ3v) is 3.56. The Morgan fingerprint density at radius 1 is 0.962 bits per heavy atom. The highest BCUT2D eigenvalue weighted by Crippen LogP contribution is 2.30. The molecular formula is C17H11F3N4O2. The zero-order valence-corrected chi connectivity index (χ0v) is 13.0. The number of nitrogens with zero attached hydrogens (tertiary/aromatic N) is 3. The van der Waals surface area contributed by atoms with Gasteiger partial charge < -0.3 is 10.8 Å². The Bertz CT molecular complexity index is 955. The number of pyridine rings is 1. The number of anilines is 1. The number of aromatic carboxylic acids is 1. The van der Waals surface area contributed by atoms with Crippen LogP contribution in [-0.2, 0) is 6.18 Å². The van der Waals surface area contributed by atoms with Crippen LogP contribution in [0, 0.1) is 0 Å². The van der Waals surface area contributed by atoms with Crippen LogP contribution in [0.2, 0.25) is 0 Å². The van der Waals surface area contributed by atoms with E-state index < -0.39 is 17.8 Å².